The van der Waals surface area contributed by atoms with Crippen LogP contribution in [0.5, 0.6) is 0 Å². The van der Waals surface area contributed by atoms with Gasteiger partial charge in [0.15, 0.2) is 0 Å². The van der Waals surface area contributed by atoms with E-state index in [0.29, 0.717) is 16.8 Å². The predicted molar refractivity (Wildman–Crippen MR) is 153 cm³/mol. The highest BCUT2D eigenvalue weighted by molar-refractivity contribution is 5.85. The molecular weight excluding hydrogens is 482 g/mol. The van der Waals surface area contributed by atoms with Gasteiger partial charge in [0, 0.05) is 22.9 Å². The van der Waals surface area contributed by atoms with Gasteiger partial charge in [0.05, 0.1) is 22.8 Å². The summed E-state index contributed by atoms with van der Waals surface area (Å²) < 4.78 is 3.81. The maximum atomic E-state index is 10.1. The molecule has 0 aliphatic carbocycles. The Labute approximate surface area is 226 Å². The van der Waals surface area contributed by atoms with E-state index < -0.39 is 0 Å². The van der Waals surface area contributed by atoms with Crippen molar-refractivity contribution in [2.75, 3.05) is 5.73 Å². The highest BCUT2D eigenvalue weighted by atomic mass is 15.4. The first-order valence-electron chi connectivity index (χ1n) is 12.6. The average molecular weight is 508 g/mol. The number of anilines is 1. The molecule has 0 fully saturated rings. The number of nitriles is 1. The summed E-state index contributed by atoms with van der Waals surface area (Å²) in [5.41, 5.74) is 14.5. The van der Waals surface area contributed by atoms with E-state index >= 15 is 0 Å². The second-order valence-corrected chi connectivity index (χ2v) is 9.32. The summed E-state index contributed by atoms with van der Waals surface area (Å²) >= 11 is 0. The molecule has 0 spiro atoms. The zero-order valence-corrected chi connectivity index (χ0v) is 21.6. The number of imidazole rings is 1. The molecule has 2 N–H and O–H groups in total. The lowest BCUT2D eigenvalue weighted by Crippen LogP contribution is -2.06. The Kier molecular flexibility index (Phi) is 5.98. The summed E-state index contributed by atoms with van der Waals surface area (Å²) in [6.07, 6.45) is 3.70. The Morgan fingerprint density at radius 3 is 2.10 bits per heavy atom. The third-order valence-corrected chi connectivity index (χ3v) is 6.71. The van der Waals surface area contributed by atoms with E-state index in [-0.39, 0.29) is 5.82 Å². The predicted octanol–water partition coefficient (Wildman–Crippen LogP) is 6.52. The highest BCUT2D eigenvalue weighted by Gasteiger charge is 2.24. The Hall–Kier alpha value is -5.48. The number of hydrogen-bond acceptors (Lipinski definition) is 5. The lowest BCUT2D eigenvalue weighted by atomic mass is 9.97. The minimum Gasteiger partial charge on any atom is -0.383 e. The molecule has 0 saturated carbocycles. The van der Waals surface area contributed by atoms with Gasteiger partial charge in [-0.2, -0.15) is 10.4 Å². The van der Waals surface area contributed by atoms with Crippen LogP contribution in [0.3, 0.4) is 0 Å². The van der Waals surface area contributed by atoms with Crippen LogP contribution in [-0.4, -0.2) is 24.3 Å². The van der Waals surface area contributed by atoms with Crippen LogP contribution in [-0.2, 0) is 0 Å². The Morgan fingerprint density at radius 2 is 1.46 bits per heavy atom. The van der Waals surface area contributed by atoms with Crippen molar-refractivity contribution in [3.05, 3.63) is 120 Å². The van der Waals surface area contributed by atoms with Crippen LogP contribution >= 0.6 is 0 Å². The monoisotopic (exact) mass is 507 g/mol. The quantitative estimate of drug-likeness (QED) is 0.286. The molecule has 3 aromatic heterocycles. The van der Waals surface area contributed by atoms with Crippen LogP contribution in [0.25, 0.3) is 45.0 Å². The fourth-order valence-corrected chi connectivity index (χ4v) is 4.85. The van der Waals surface area contributed by atoms with Crippen molar-refractivity contribution in [2.45, 2.75) is 13.8 Å². The summed E-state index contributed by atoms with van der Waals surface area (Å²) in [4.78, 5) is 9.06. The molecule has 3 aromatic carbocycles. The highest BCUT2D eigenvalue weighted by Crippen LogP contribution is 2.38. The Bertz CT molecular complexity index is 1820. The number of nitrogen functional groups attached to an aromatic ring is 1. The van der Waals surface area contributed by atoms with Crippen molar-refractivity contribution in [3.63, 3.8) is 0 Å². The van der Waals surface area contributed by atoms with E-state index in [4.69, 9.17) is 10.8 Å². The van der Waals surface area contributed by atoms with Gasteiger partial charge in [0.25, 0.3) is 0 Å². The second kappa shape index (κ2) is 9.77. The molecular formula is C32H25N7. The molecule has 6 rings (SSSR count). The second-order valence-electron chi connectivity index (χ2n) is 9.32. The molecule has 188 valence electrons. The van der Waals surface area contributed by atoms with Crippen LogP contribution in [0.4, 0.5) is 5.82 Å². The van der Waals surface area contributed by atoms with Gasteiger partial charge >= 0.3 is 0 Å². The first-order valence-corrected chi connectivity index (χ1v) is 12.6. The summed E-state index contributed by atoms with van der Waals surface area (Å²) in [5.74, 6) is 0.948. The number of hydrogen-bond donors (Lipinski definition) is 1. The number of aromatic nitrogens is 5. The third kappa shape index (κ3) is 4.34. The molecule has 0 amide bonds. The number of pyridine rings is 1. The average Bonchev–Trinajstić information content (AvgIpc) is 3.56. The normalized spacial score (nSPS) is 10.9. The molecule has 0 saturated heterocycles. The Morgan fingerprint density at radius 1 is 0.821 bits per heavy atom. The van der Waals surface area contributed by atoms with E-state index in [1.54, 1.807) is 6.33 Å². The topological polar surface area (TPSA) is 98.3 Å². The SMILES string of the molecule is Cc1cn(-c2c(-c3cc(-c4ccc(-c5ccccc5)cc4)nc(N)c3C#N)c(C)nn2-c2ccccc2)cn1. The minimum absolute atomic E-state index is 0.178. The van der Waals surface area contributed by atoms with Crippen LogP contribution < -0.4 is 5.73 Å². The molecule has 0 bridgehead atoms. The molecule has 7 heteroatoms. The molecule has 7 nitrogen and oxygen atoms in total. The molecule has 6 aromatic rings. The van der Waals surface area contributed by atoms with Gasteiger partial charge in [0.2, 0.25) is 0 Å². The smallest absolute Gasteiger partial charge is 0.149 e. The van der Waals surface area contributed by atoms with Gasteiger partial charge in [-0.05, 0) is 43.2 Å². The fourth-order valence-electron chi connectivity index (χ4n) is 4.85. The van der Waals surface area contributed by atoms with Crippen LogP contribution in [0.2, 0.25) is 0 Å². The molecule has 0 radical (unpaired) electrons. The van der Waals surface area contributed by atoms with Gasteiger partial charge < -0.3 is 5.73 Å². The van der Waals surface area contributed by atoms with Crippen molar-refractivity contribution in [3.8, 4) is 51.1 Å². The molecule has 39 heavy (non-hydrogen) atoms. The molecule has 3 heterocycles. The van der Waals surface area contributed by atoms with Gasteiger partial charge in [-0.3, -0.25) is 4.57 Å². The van der Waals surface area contributed by atoms with E-state index in [9.17, 15) is 5.26 Å². The molecule has 0 atom stereocenters. The summed E-state index contributed by atoms with van der Waals surface area (Å²) in [5, 5.41) is 15.0. The summed E-state index contributed by atoms with van der Waals surface area (Å²) in [7, 11) is 0. The first-order chi connectivity index (χ1) is 19.0. The number of nitrogens with two attached hydrogens (primary N) is 1. The molecule has 0 aliphatic rings. The molecule has 0 aliphatic heterocycles. The summed E-state index contributed by atoms with van der Waals surface area (Å²) in [6.45, 7) is 3.88. The van der Waals surface area contributed by atoms with Crippen molar-refractivity contribution in [1.29, 1.82) is 5.26 Å². The zero-order valence-electron chi connectivity index (χ0n) is 21.6. The maximum absolute atomic E-state index is 10.1. The molecule has 0 unspecified atom stereocenters. The largest absolute Gasteiger partial charge is 0.383 e. The number of aryl methyl sites for hydroxylation is 2. The van der Waals surface area contributed by atoms with E-state index in [1.807, 2.05) is 96.0 Å². The number of benzene rings is 3. The van der Waals surface area contributed by atoms with Gasteiger partial charge in [-0.1, -0.05) is 72.8 Å². The van der Waals surface area contributed by atoms with E-state index in [1.165, 1.54) is 0 Å². The van der Waals surface area contributed by atoms with Gasteiger partial charge in [0.1, 0.15) is 29.6 Å². The standard InChI is InChI=1S/C32H25N7/c1-21-19-38(20-35-21)32-30(22(2)37-39(32)26-11-7-4-8-12-26)27-17-29(36-31(34)28(27)18-33)25-15-13-24(14-16-25)23-9-5-3-6-10-23/h3-17,19-20H,1-2H3,(H2,34,36). The number of nitrogens with zero attached hydrogens (tertiary/aromatic N) is 6. The van der Waals surface area contributed by atoms with Crippen molar-refractivity contribution >= 4 is 5.82 Å². The van der Waals surface area contributed by atoms with E-state index in [2.05, 4.69) is 40.3 Å². The van der Waals surface area contributed by atoms with E-state index in [0.717, 1.165) is 45.1 Å². The minimum atomic E-state index is 0.178. The number of para-hydroxylation sites is 1. The number of rotatable bonds is 5. The van der Waals surface area contributed by atoms with Gasteiger partial charge in [-0.25, -0.2) is 14.6 Å². The van der Waals surface area contributed by atoms with Crippen molar-refractivity contribution in [1.82, 2.24) is 24.3 Å². The first kappa shape index (κ1) is 23.9. The van der Waals surface area contributed by atoms with Crippen molar-refractivity contribution in [2.24, 2.45) is 0 Å². The Balaban J connectivity index is 1.55. The van der Waals surface area contributed by atoms with Crippen LogP contribution in [0.1, 0.15) is 17.0 Å². The maximum Gasteiger partial charge on any atom is 0.149 e. The third-order valence-electron chi connectivity index (χ3n) is 6.71. The van der Waals surface area contributed by atoms with Gasteiger partial charge in [-0.15, -0.1) is 0 Å². The summed E-state index contributed by atoms with van der Waals surface area (Å²) in [6, 6.07) is 32.5. The van der Waals surface area contributed by atoms with Crippen LogP contribution in [0, 0.1) is 25.2 Å². The lowest BCUT2D eigenvalue weighted by molar-refractivity contribution is 0.811. The lowest BCUT2D eigenvalue weighted by Gasteiger charge is -2.14. The van der Waals surface area contributed by atoms with Crippen LogP contribution in [0.15, 0.2) is 104 Å². The zero-order chi connectivity index (χ0) is 26.9. The van der Waals surface area contributed by atoms with Crippen molar-refractivity contribution < 1.29 is 0 Å². The fraction of sp³-hybridized carbons (Fsp3) is 0.0625.